The predicted molar refractivity (Wildman–Crippen MR) is 80.1 cm³/mol. The van der Waals surface area contributed by atoms with Gasteiger partial charge in [0.15, 0.2) is 11.5 Å². The van der Waals surface area contributed by atoms with Gasteiger partial charge in [0.1, 0.15) is 13.2 Å². The van der Waals surface area contributed by atoms with Crippen molar-refractivity contribution >= 4 is 23.5 Å². The molecule has 1 aliphatic rings. The van der Waals surface area contributed by atoms with Gasteiger partial charge in [-0.1, -0.05) is 23.7 Å². The van der Waals surface area contributed by atoms with Crippen LogP contribution in [0.4, 0.5) is 5.69 Å². The maximum atomic E-state index is 6.03. The number of rotatable bonds is 3. The molecule has 0 atom stereocenters. The Morgan fingerprint density at radius 2 is 1.85 bits per heavy atom. The van der Waals surface area contributed by atoms with Crippen molar-refractivity contribution in [3.63, 3.8) is 0 Å². The summed E-state index contributed by atoms with van der Waals surface area (Å²) < 4.78 is 11.0. The Bertz CT molecular complexity index is 644. The predicted octanol–water partition coefficient (Wildman–Crippen LogP) is 3.56. The number of hydrazone groups is 1. The summed E-state index contributed by atoms with van der Waals surface area (Å²) in [5, 5.41) is 4.80. The second-order valence-electron chi connectivity index (χ2n) is 4.25. The third-order valence-corrected chi connectivity index (χ3v) is 3.17. The van der Waals surface area contributed by atoms with E-state index in [4.69, 9.17) is 21.1 Å². The number of para-hydroxylation sites is 1. The minimum absolute atomic E-state index is 0.575. The Balaban J connectivity index is 1.71. The molecule has 0 amide bonds. The molecule has 5 heteroatoms. The van der Waals surface area contributed by atoms with E-state index in [1.807, 2.05) is 42.5 Å². The van der Waals surface area contributed by atoms with Gasteiger partial charge in [-0.15, -0.1) is 0 Å². The number of fused-ring (bicyclic) bond motifs is 1. The van der Waals surface area contributed by atoms with Crippen LogP contribution in [0.25, 0.3) is 0 Å². The lowest BCUT2D eigenvalue weighted by Gasteiger charge is -2.18. The van der Waals surface area contributed by atoms with Crippen molar-refractivity contribution in [3.05, 3.63) is 53.1 Å². The van der Waals surface area contributed by atoms with Gasteiger partial charge in [0, 0.05) is 0 Å². The summed E-state index contributed by atoms with van der Waals surface area (Å²) in [5.41, 5.74) is 4.60. The maximum absolute atomic E-state index is 6.03. The highest BCUT2D eigenvalue weighted by atomic mass is 35.5. The van der Waals surface area contributed by atoms with Crippen LogP contribution in [0, 0.1) is 0 Å². The van der Waals surface area contributed by atoms with E-state index in [1.54, 1.807) is 6.21 Å². The van der Waals surface area contributed by atoms with E-state index in [9.17, 15) is 0 Å². The summed E-state index contributed by atoms with van der Waals surface area (Å²) >= 11 is 6.03. The molecular formula is C15H13ClN2O2. The average Bonchev–Trinajstić information content (AvgIpc) is 2.49. The average molecular weight is 289 g/mol. The third kappa shape index (κ3) is 2.86. The monoisotopic (exact) mass is 288 g/mol. The fraction of sp³-hybridized carbons (Fsp3) is 0.133. The first-order chi connectivity index (χ1) is 9.83. The number of benzene rings is 2. The lowest BCUT2D eigenvalue weighted by Crippen LogP contribution is -2.15. The second-order valence-corrected chi connectivity index (χ2v) is 4.66. The quantitative estimate of drug-likeness (QED) is 0.694. The molecule has 0 spiro atoms. The Morgan fingerprint density at radius 1 is 1.05 bits per heavy atom. The first-order valence-electron chi connectivity index (χ1n) is 6.26. The Morgan fingerprint density at radius 3 is 2.70 bits per heavy atom. The van der Waals surface area contributed by atoms with Gasteiger partial charge in [0.05, 0.1) is 16.9 Å². The standard InChI is InChI=1S/C15H13ClN2O2/c16-12-3-1-2-4-13(12)18-17-10-11-5-6-14-15(9-11)20-8-7-19-14/h1-6,9-10,18H,7-8H2/b17-10+. The van der Waals surface area contributed by atoms with Crippen LogP contribution in [0.1, 0.15) is 5.56 Å². The highest BCUT2D eigenvalue weighted by molar-refractivity contribution is 6.33. The topological polar surface area (TPSA) is 42.9 Å². The number of hydrogen-bond acceptors (Lipinski definition) is 4. The van der Waals surface area contributed by atoms with Crippen LogP contribution in [0.3, 0.4) is 0 Å². The third-order valence-electron chi connectivity index (χ3n) is 2.84. The van der Waals surface area contributed by atoms with Gasteiger partial charge in [-0.3, -0.25) is 5.43 Å². The van der Waals surface area contributed by atoms with Crippen LogP contribution in [0.5, 0.6) is 11.5 Å². The molecule has 20 heavy (non-hydrogen) atoms. The maximum Gasteiger partial charge on any atom is 0.162 e. The van der Waals surface area contributed by atoms with Crippen LogP contribution < -0.4 is 14.9 Å². The van der Waals surface area contributed by atoms with Gasteiger partial charge in [0.2, 0.25) is 0 Å². The van der Waals surface area contributed by atoms with Gasteiger partial charge < -0.3 is 9.47 Å². The zero-order valence-corrected chi connectivity index (χ0v) is 11.4. The number of halogens is 1. The van der Waals surface area contributed by atoms with Crippen LogP contribution >= 0.6 is 11.6 Å². The van der Waals surface area contributed by atoms with Gasteiger partial charge in [-0.05, 0) is 35.9 Å². The molecule has 3 rings (SSSR count). The van der Waals surface area contributed by atoms with Crippen LogP contribution in [-0.4, -0.2) is 19.4 Å². The van der Waals surface area contributed by atoms with Crippen molar-refractivity contribution in [2.75, 3.05) is 18.6 Å². The molecule has 0 fully saturated rings. The van der Waals surface area contributed by atoms with Crippen molar-refractivity contribution in [2.45, 2.75) is 0 Å². The SMILES string of the molecule is Clc1ccccc1N/N=C/c1ccc2c(c1)OCCO2. The highest BCUT2D eigenvalue weighted by Gasteiger charge is 2.10. The van der Waals surface area contributed by atoms with E-state index in [0.717, 1.165) is 22.7 Å². The van der Waals surface area contributed by atoms with Crippen molar-refractivity contribution in [3.8, 4) is 11.5 Å². The Hall–Kier alpha value is -2.20. The van der Waals surface area contributed by atoms with Crippen LogP contribution in [0.2, 0.25) is 5.02 Å². The normalized spacial score (nSPS) is 13.4. The number of ether oxygens (including phenoxy) is 2. The summed E-state index contributed by atoms with van der Waals surface area (Å²) in [7, 11) is 0. The first kappa shape index (κ1) is 12.8. The molecule has 1 aliphatic heterocycles. The molecule has 0 aromatic heterocycles. The summed E-state index contributed by atoms with van der Waals surface area (Å²) in [6.45, 7) is 1.17. The molecule has 4 nitrogen and oxygen atoms in total. The molecule has 0 unspecified atom stereocenters. The van der Waals surface area contributed by atoms with Crippen molar-refractivity contribution in [1.29, 1.82) is 0 Å². The molecule has 0 bridgehead atoms. The number of nitrogens with one attached hydrogen (secondary N) is 1. The summed E-state index contributed by atoms with van der Waals surface area (Å²) in [4.78, 5) is 0. The lowest BCUT2D eigenvalue weighted by molar-refractivity contribution is 0.171. The minimum atomic E-state index is 0.575. The first-order valence-corrected chi connectivity index (χ1v) is 6.64. The van der Waals surface area contributed by atoms with Crippen LogP contribution in [-0.2, 0) is 0 Å². The Labute approximate surface area is 122 Å². The van der Waals surface area contributed by atoms with Gasteiger partial charge in [-0.25, -0.2) is 0 Å². The van der Waals surface area contributed by atoms with E-state index < -0.39 is 0 Å². The van der Waals surface area contributed by atoms with Gasteiger partial charge >= 0.3 is 0 Å². The molecule has 0 radical (unpaired) electrons. The second kappa shape index (κ2) is 5.84. The zero-order chi connectivity index (χ0) is 13.8. The smallest absolute Gasteiger partial charge is 0.162 e. The Kier molecular flexibility index (Phi) is 3.74. The molecule has 0 saturated carbocycles. The number of anilines is 1. The van der Waals surface area contributed by atoms with E-state index in [1.165, 1.54) is 0 Å². The molecule has 1 N–H and O–H groups in total. The fourth-order valence-corrected chi connectivity index (χ4v) is 2.05. The van der Waals surface area contributed by atoms with Crippen molar-refractivity contribution in [1.82, 2.24) is 0 Å². The molecule has 0 aliphatic carbocycles. The van der Waals surface area contributed by atoms with E-state index >= 15 is 0 Å². The molecule has 2 aromatic carbocycles. The molecule has 1 heterocycles. The largest absolute Gasteiger partial charge is 0.486 e. The van der Waals surface area contributed by atoms with E-state index in [0.29, 0.717) is 18.2 Å². The molecule has 102 valence electrons. The minimum Gasteiger partial charge on any atom is -0.486 e. The van der Waals surface area contributed by atoms with E-state index in [-0.39, 0.29) is 0 Å². The van der Waals surface area contributed by atoms with E-state index in [2.05, 4.69) is 10.5 Å². The molecular weight excluding hydrogens is 276 g/mol. The summed E-state index contributed by atoms with van der Waals surface area (Å²) in [6.07, 6.45) is 1.71. The van der Waals surface area contributed by atoms with Crippen molar-refractivity contribution in [2.24, 2.45) is 5.10 Å². The van der Waals surface area contributed by atoms with Crippen molar-refractivity contribution < 1.29 is 9.47 Å². The molecule has 2 aromatic rings. The zero-order valence-electron chi connectivity index (χ0n) is 10.7. The fourth-order valence-electron chi connectivity index (χ4n) is 1.87. The number of hydrogen-bond donors (Lipinski definition) is 1. The van der Waals surface area contributed by atoms with Gasteiger partial charge in [0.25, 0.3) is 0 Å². The highest BCUT2D eigenvalue weighted by Crippen LogP contribution is 2.30. The number of nitrogens with zero attached hydrogens (tertiary/aromatic N) is 1. The summed E-state index contributed by atoms with van der Waals surface area (Å²) in [6, 6.07) is 13.1. The lowest BCUT2D eigenvalue weighted by atomic mass is 10.2. The van der Waals surface area contributed by atoms with Gasteiger partial charge in [-0.2, -0.15) is 5.10 Å². The summed E-state index contributed by atoms with van der Waals surface area (Å²) in [5.74, 6) is 1.52. The van der Waals surface area contributed by atoms with Crippen LogP contribution in [0.15, 0.2) is 47.6 Å². The molecule has 0 saturated heterocycles.